The molecule has 348 valence electrons. The van der Waals surface area contributed by atoms with E-state index in [-0.39, 0.29) is 52.0 Å². The fraction of sp³-hybridized carbons (Fsp3) is 0.387. The largest absolute Gasteiger partial charge is 2.00 e. The van der Waals surface area contributed by atoms with Crippen LogP contribution in [0.1, 0.15) is 181 Å². The van der Waals surface area contributed by atoms with Crippen molar-refractivity contribution in [2.75, 3.05) is 0 Å². The van der Waals surface area contributed by atoms with Crippen molar-refractivity contribution in [1.82, 2.24) is 19.9 Å². The van der Waals surface area contributed by atoms with E-state index in [4.69, 9.17) is 19.9 Å². The van der Waals surface area contributed by atoms with Gasteiger partial charge >= 0.3 is 19.5 Å². The maximum absolute atomic E-state index is 5.68. The topological polar surface area (TPSA) is 54.0 Å². The Morgan fingerprint density at radius 2 is 0.544 bits per heavy atom. The molecule has 8 rings (SSSR count). The molecule has 0 radical (unpaired) electrons. The molecule has 2 aliphatic heterocycles. The van der Waals surface area contributed by atoms with E-state index >= 15 is 0 Å². The minimum Gasteiger partial charge on any atom is -0.657 e. The van der Waals surface area contributed by atoms with Gasteiger partial charge in [-0.2, -0.15) is 0 Å². The number of rotatable bonds is 3. The molecular weight excluding hydrogens is 946 g/mol. The number of hydrogen-bond donors (Lipinski definition) is 0. The van der Waals surface area contributed by atoms with Crippen LogP contribution in [0.4, 0.5) is 0 Å². The van der Waals surface area contributed by atoms with Crippen LogP contribution in [0.2, 0.25) is 0 Å². The molecule has 6 aromatic rings. The van der Waals surface area contributed by atoms with Crippen LogP contribution in [0.15, 0.2) is 83.3 Å². The molecule has 0 atom stereocenters. The fourth-order valence-electron chi connectivity index (χ4n) is 8.85. The van der Waals surface area contributed by atoms with E-state index in [2.05, 4.69) is 244 Å². The van der Waals surface area contributed by atoms with Crippen LogP contribution in [-0.2, 0) is 52.0 Å². The molecule has 0 saturated heterocycles. The van der Waals surface area contributed by atoms with Crippen LogP contribution < -0.4 is 9.97 Å². The van der Waals surface area contributed by atoms with Crippen LogP contribution in [-0.4, -0.2) is 9.97 Å². The molecule has 0 amide bonds. The normalized spacial score (nSPS) is 13.6. The fourth-order valence-corrected chi connectivity index (χ4v) is 9.30. The van der Waals surface area contributed by atoms with Crippen molar-refractivity contribution >= 4 is 62.3 Å². The molecule has 0 spiro atoms. The van der Waals surface area contributed by atoms with Crippen LogP contribution >= 0.6 is 15.9 Å². The molecule has 5 heterocycles. The van der Waals surface area contributed by atoms with E-state index in [1.807, 2.05) is 0 Å². The zero-order chi connectivity index (χ0) is 49.0. The Hall–Kier alpha value is -4.64. The smallest absolute Gasteiger partial charge is 0.657 e. The second-order valence-electron chi connectivity index (χ2n) is 25.2. The Morgan fingerprint density at radius 1 is 0.324 bits per heavy atom. The third kappa shape index (κ3) is 10.3. The van der Waals surface area contributed by atoms with E-state index in [0.717, 1.165) is 82.7 Å². The van der Waals surface area contributed by atoms with Crippen molar-refractivity contribution < 1.29 is 19.5 Å². The zero-order valence-corrected chi connectivity index (χ0v) is 48.7. The summed E-state index contributed by atoms with van der Waals surface area (Å²) >= 11 is 4.01. The van der Waals surface area contributed by atoms with Gasteiger partial charge in [0.15, 0.2) is 0 Å². The van der Waals surface area contributed by atoms with Gasteiger partial charge in [-0.25, -0.2) is 9.97 Å². The Kier molecular flexibility index (Phi) is 13.3. The molecule has 8 bridgehead atoms. The van der Waals surface area contributed by atoms with Crippen LogP contribution in [0.25, 0.3) is 79.8 Å². The number of hydrogen-bond acceptors (Lipinski definition) is 2. The quantitative estimate of drug-likeness (QED) is 0.166. The summed E-state index contributed by atoms with van der Waals surface area (Å²) in [5.41, 5.74) is 20.3. The summed E-state index contributed by atoms with van der Waals surface area (Å²) in [6.07, 6.45) is 8.63. The van der Waals surface area contributed by atoms with Gasteiger partial charge in [0.1, 0.15) is 0 Å². The number of nitrogens with zero attached hydrogens (tertiary/aromatic N) is 4. The first-order valence-corrected chi connectivity index (χ1v) is 24.9. The SMILES string of the molecule is CC(C)(C)c1cc(-c2c3nc(c(-c4cc(C(C)(C)C)cc(C(C)(C)C)c4)c4ccc([n-]4)c(-c4cc(C(C)(C)C)cc(C(C)(C)C)c4)c4nc(c(Br)c5ccc2[n-]5)C=C4)C=C3)cc(C(C)(C)C)c1.[Zn+2]. The first-order valence-electron chi connectivity index (χ1n) is 24.1. The summed E-state index contributed by atoms with van der Waals surface area (Å²) in [5, 5.41) is 0. The van der Waals surface area contributed by atoms with Gasteiger partial charge < -0.3 is 9.97 Å². The van der Waals surface area contributed by atoms with Crippen molar-refractivity contribution in [3.05, 3.63) is 139 Å². The Labute approximate surface area is 428 Å². The molecule has 3 aromatic heterocycles. The Bertz CT molecular complexity index is 3010. The van der Waals surface area contributed by atoms with Gasteiger partial charge in [-0.15, -0.1) is 22.1 Å². The molecule has 0 fully saturated rings. The molecule has 6 heteroatoms. The summed E-state index contributed by atoms with van der Waals surface area (Å²) in [6.45, 7) is 41.3. The second kappa shape index (κ2) is 17.6. The van der Waals surface area contributed by atoms with E-state index in [9.17, 15) is 0 Å². The van der Waals surface area contributed by atoms with E-state index < -0.39 is 0 Å². The van der Waals surface area contributed by atoms with E-state index in [0.29, 0.717) is 0 Å². The monoisotopic (exact) mass is 1010 g/mol. The standard InChI is InChI=1S/C62H71BrN4.Zn/c1-57(2,3)39-27-36(28-40(33-39)58(4,5)6)53-45-19-21-47(64-45)54(37-29-41(59(7,8)9)34-42(30-37)60(10,11)12)49-23-25-51(66-49)56(63)52-26-24-50(67-52)55(48-22-20-46(53)65-48)38-31-43(61(13,14)15)35-44(32-38)62(16,17)18;/h19-35H,1-18H3;/q-2;+2. The van der Waals surface area contributed by atoms with Crippen molar-refractivity contribution in [2.45, 2.75) is 157 Å². The van der Waals surface area contributed by atoms with Gasteiger partial charge in [0, 0.05) is 4.47 Å². The molecule has 0 unspecified atom stereocenters. The average molecular weight is 1020 g/mol. The molecule has 2 aliphatic rings. The summed E-state index contributed by atoms with van der Waals surface area (Å²) in [7, 11) is 0. The van der Waals surface area contributed by atoms with Gasteiger partial charge in [-0.1, -0.05) is 203 Å². The predicted molar refractivity (Wildman–Crippen MR) is 293 cm³/mol. The van der Waals surface area contributed by atoms with Gasteiger partial charge in [-0.3, -0.25) is 0 Å². The number of benzene rings is 3. The molecule has 0 aliphatic carbocycles. The molecule has 4 nitrogen and oxygen atoms in total. The van der Waals surface area contributed by atoms with Gasteiger partial charge in [0.2, 0.25) is 0 Å². The third-order valence-corrected chi connectivity index (χ3v) is 14.2. The number of fused-ring (bicyclic) bond motifs is 8. The summed E-state index contributed by atoms with van der Waals surface area (Å²) in [4.78, 5) is 22.2. The molecule has 0 N–H and O–H groups in total. The summed E-state index contributed by atoms with van der Waals surface area (Å²) < 4.78 is 0.838. The zero-order valence-electron chi connectivity index (χ0n) is 44.2. The second-order valence-corrected chi connectivity index (χ2v) is 26.0. The third-order valence-electron chi connectivity index (χ3n) is 13.4. The van der Waals surface area contributed by atoms with Gasteiger partial charge in [0.05, 0.1) is 22.8 Å². The molecule has 3 aromatic carbocycles. The van der Waals surface area contributed by atoms with E-state index in [1.165, 1.54) is 33.4 Å². The number of aromatic nitrogens is 4. The van der Waals surface area contributed by atoms with Crippen molar-refractivity contribution in [3.8, 4) is 33.4 Å². The maximum Gasteiger partial charge on any atom is 2.00 e. The molecular formula is C62H71BrN4Zn. The predicted octanol–water partition coefficient (Wildman–Crippen LogP) is 17.5. The molecule has 0 saturated carbocycles. The van der Waals surface area contributed by atoms with Crippen molar-refractivity contribution in [1.29, 1.82) is 0 Å². The average Bonchev–Trinajstić information content (AvgIpc) is 4.05. The molecule has 68 heavy (non-hydrogen) atoms. The first-order chi connectivity index (χ1) is 30.9. The summed E-state index contributed by atoms with van der Waals surface area (Å²) in [5.74, 6) is 0. The van der Waals surface area contributed by atoms with Crippen molar-refractivity contribution in [2.24, 2.45) is 0 Å². The minimum absolute atomic E-state index is 0. The Morgan fingerprint density at radius 3 is 0.809 bits per heavy atom. The van der Waals surface area contributed by atoms with Crippen molar-refractivity contribution in [3.63, 3.8) is 0 Å². The van der Waals surface area contributed by atoms with Crippen LogP contribution in [0.3, 0.4) is 0 Å². The van der Waals surface area contributed by atoms with Gasteiger partial charge in [-0.05, 0) is 139 Å². The minimum atomic E-state index is -0.0920. The van der Waals surface area contributed by atoms with Gasteiger partial charge in [0.25, 0.3) is 0 Å². The van der Waals surface area contributed by atoms with Crippen LogP contribution in [0.5, 0.6) is 0 Å². The maximum atomic E-state index is 5.68. The number of halogens is 1. The van der Waals surface area contributed by atoms with Crippen LogP contribution in [0, 0.1) is 0 Å². The summed E-state index contributed by atoms with van der Waals surface area (Å²) in [6, 6.07) is 29.9. The Balaban J connectivity index is 0.00000684. The first kappa shape index (κ1) is 51.2. The van der Waals surface area contributed by atoms with E-state index in [1.54, 1.807) is 0 Å².